The number of rotatable bonds is 9. The normalized spacial score (nSPS) is 22.2. The molecule has 4 atom stereocenters. The Balaban J connectivity index is 1.44. The minimum absolute atomic E-state index is 0.178. The summed E-state index contributed by atoms with van der Waals surface area (Å²) in [6.45, 7) is 3.15. The van der Waals surface area contributed by atoms with Crippen molar-refractivity contribution in [2.75, 3.05) is 6.61 Å². The molecule has 0 aromatic heterocycles. The number of aliphatic hydroxyl groups is 1. The monoisotopic (exact) mass is 464 g/mol. The van der Waals surface area contributed by atoms with Gasteiger partial charge in [-0.2, -0.15) is 0 Å². The summed E-state index contributed by atoms with van der Waals surface area (Å²) in [5, 5.41) is 10.6. The van der Waals surface area contributed by atoms with Gasteiger partial charge in [-0.15, -0.1) is 11.8 Å². The quantitative estimate of drug-likeness (QED) is 0.461. The highest BCUT2D eigenvalue weighted by Gasteiger charge is 2.47. The molecule has 1 heterocycles. The molecule has 33 heavy (non-hydrogen) atoms. The van der Waals surface area contributed by atoms with Crippen LogP contribution in [-0.4, -0.2) is 40.6 Å². The lowest BCUT2D eigenvalue weighted by molar-refractivity contribution is -0.0806. The fourth-order valence-corrected chi connectivity index (χ4v) is 4.97. The molecule has 1 N–H and O–H groups in total. The Labute approximate surface area is 198 Å². The lowest BCUT2D eigenvalue weighted by atomic mass is 10.1. The first kappa shape index (κ1) is 23.5. The molecule has 0 radical (unpaired) electrons. The molecule has 1 aliphatic rings. The van der Waals surface area contributed by atoms with E-state index in [2.05, 4.69) is 0 Å². The summed E-state index contributed by atoms with van der Waals surface area (Å²) < 4.78 is 17.9. The first-order valence-electron chi connectivity index (χ1n) is 11.0. The third kappa shape index (κ3) is 6.45. The summed E-state index contributed by atoms with van der Waals surface area (Å²) in [4.78, 5) is 12.8. The van der Waals surface area contributed by atoms with Gasteiger partial charge in [-0.05, 0) is 30.2 Å². The summed E-state index contributed by atoms with van der Waals surface area (Å²) in [6, 6.07) is 26.9. The molecule has 0 aliphatic carbocycles. The summed E-state index contributed by atoms with van der Waals surface area (Å²) >= 11 is 1.32. The van der Waals surface area contributed by atoms with Gasteiger partial charge in [0.15, 0.2) is 6.10 Å². The minimum Gasteiger partial charge on any atom is -0.452 e. The van der Waals surface area contributed by atoms with Gasteiger partial charge in [0.05, 0.1) is 30.6 Å². The lowest BCUT2D eigenvalue weighted by Crippen LogP contribution is -2.40. The molecule has 1 aliphatic heterocycles. The second kappa shape index (κ2) is 11.5. The van der Waals surface area contributed by atoms with Gasteiger partial charge >= 0.3 is 5.97 Å². The molecule has 172 valence electrons. The van der Waals surface area contributed by atoms with Gasteiger partial charge < -0.3 is 19.3 Å². The molecule has 0 saturated carbocycles. The van der Waals surface area contributed by atoms with Crippen LogP contribution in [-0.2, 0) is 27.4 Å². The van der Waals surface area contributed by atoms with Crippen LogP contribution in [0.15, 0.2) is 84.9 Å². The van der Waals surface area contributed by atoms with Crippen LogP contribution in [0.3, 0.4) is 0 Å². The van der Waals surface area contributed by atoms with Crippen molar-refractivity contribution in [2.24, 2.45) is 0 Å². The van der Waals surface area contributed by atoms with Gasteiger partial charge in [-0.3, -0.25) is 0 Å². The topological polar surface area (TPSA) is 65.0 Å². The first-order valence-corrected chi connectivity index (χ1v) is 11.9. The van der Waals surface area contributed by atoms with Crippen LogP contribution >= 0.6 is 11.8 Å². The van der Waals surface area contributed by atoms with Crippen molar-refractivity contribution in [1.82, 2.24) is 0 Å². The maximum Gasteiger partial charge on any atom is 0.338 e. The lowest BCUT2D eigenvalue weighted by Gasteiger charge is -2.25. The first-order chi connectivity index (χ1) is 16.1. The van der Waals surface area contributed by atoms with Gasteiger partial charge in [-0.1, -0.05) is 78.4 Å². The number of thioether (sulfide) groups is 1. The number of benzene rings is 3. The molecule has 1 saturated heterocycles. The van der Waals surface area contributed by atoms with Gasteiger partial charge in [0.25, 0.3) is 0 Å². The highest BCUT2D eigenvalue weighted by molar-refractivity contribution is 8.00. The van der Waals surface area contributed by atoms with Crippen LogP contribution in [0.25, 0.3) is 0 Å². The standard InChI is InChI=1S/C27H28O5S/c1-19-12-14-22(15-13-19)26(28)32-25-24(31-17-21-10-6-3-7-11-21)23(33-27(25)29)18-30-16-20-8-4-2-5-9-20/h2-15,23-25,27,29H,16-18H2,1H3/t23-,24-,25+,27?/m1/s1. The van der Waals surface area contributed by atoms with E-state index in [4.69, 9.17) is 14.2 Å². The average Bonchev–Trinajstić information content (AvgIpc) is 3.13. The van der Waals surface area contributed by atoms with E-state index in [-0.39, 0.29) is 5.25 Å². The van der Waals surface area contributed by atoms with Crippen molar-refractivity contribution < 1.29 is 24.1 Å². The molecule has 0 bridgehead atoms. The second-order valence-corrected chi connectivity index (χ2v) is 9.42. The van der Waals surface area contributed by atoms with E-state index in [1.165, 1.54) is 11.8 Å². The Bertz CT molecular complexity index is 1010. The van der Waals surface area contributed by atoms with Crippen molar-refractivity contribution in [1.29, 1.82) is 0 Å². The van der Waals surface area contributed by atoms with Crippen LogP contribution in [0.1, 0.15) is 27.0 Å². The summed E-state index contributed by atoms with van der Waals surface area (Å²) in [7, 11) is 0. The van der Waals surface area contributed by atoms with E-state index in [1.54, 1.807) is 12.1 Å². The Morgan fingerprint density at radius 1 is 0.848 bits per heavy atom. The Hall–Kier alpha value is -2.64. The maximum absolute atomic E-state index is 12.8. The van der Waals surface area contributed by atoms with E-state index in [0.717, 1.165) is 16.7 Å². The Morgan fingerprint density at radius 3 is 2.09 bits per heavy atom. The van der Waals surface area contributed by atoms with Crippen LogP contribution in [0.4, 0.5) is 0 Å². The number of hydrogen-bond acceptors (Lipinski definition) is 6. The van der Waals surface area contributed by atoms with Crippen molar-refractivity contribution in [2.45, 2.75) is 43.0 Å². The predicted molar refractivity (Wildman–Crippen MR) is 129 cm³/mol. The average molecular weight is 465 g/mol. The number of esters is 1. The largest absolute Gasteiger partial charge is 0.452 e. The molecule has 1 unspecified atom stereocenters. The number of carbonyl (C=O) groups is 1. The third-order valence-electron chi connectivity index (χ3n) is 5.49. The predicted octanol–water partition coefficient (Wildman–Crippen LogP) is 4.76. The second-order valence-electron chi connectivity index (χ2n) is 8.06. The molecular weight excluding hydrogens is 436 g/mol. The molecule has 4 rings (SSSR count). The molecule has 1 fully saturated rings. The number of carbonyl (C=O) groups excluding carboxylic acids is 1. The van der Waals surface area contributed by atoms with Gasteiger partial charge in [0.2, 0.25) is 0 Å². The molecule has 6 heteroatoms. The molecule has 5 nitrogen and oxygen atoms in total. The van der Waals surface area contributed by atoms with Crippen molar-refractivity contribution >= 4 is 17.7 Å². The van der Waals surface area contributed by atoms with Crippen molar-refractivity contribution in [3.63, 3.8) is 0 Å². The number of hydrogen-bond donors (Lipinski definition) is 1. The molecule has 3 aromatic carbocycles. The SMILES string of the molecule is Cc1ccc(C(=O)O[C@@H]2C(O)S[C@H](COCc3ccccc3)[C@H]2OCc2ccccc2)cc1. The number of aryl methyl sites for hydroxylation is 1. The van der Waals surface area contributed by atoms with E-state index >= 15 is 0 Å². The van der Waals surface area contributed by atoms with Gasteiger partial charge in [0.1, 0.15) is 11.5 Å². The van der Waals surface area contributed by atoms with Crippen molar-refractivity contribution in [3.05, 3.63) is 107 Å². The number of aliphatic hydroxyl groups excluding tert-OH is 1. The molecule has 3 aromatic rings. The van der Waals surface area contributed by atoms with E-state index in [1.807, 2.05) is 79.7 Å². The Morgan fingerprint density at radius 2 is 1.45 bits per heavy atom. The van der Waals surface area contributed by atoms with E-state index in [9.17, 15) is 9.90 Å². The highest BCUT2D eigenvalue weighted by Crippen LogP contribution is 2.38. The fourth-order valence-electron chi connectivity index (χ4n) is 3.68. The van der Waals surface area contributed by atoms with E-state index < -0.39 is 23.6 Å². The highest BCUT2D eigenvalue weighted by atomic mass is 32.2. The van der Waals surface area contributed by atoms with Gasteiger partial charge in [0, 0.05) is 0 Å². The zero-order valence-electron chi connectivity index (χ0n) is 18.5. The molecule has 0 spiro atoms. The fraction of sp³-hybridized carbons (Fsp3) is 0.296. The van der Waals surface area contributed by atoms with E-state index in [0.29, 0.717) is 25.4 Å². The molecular formula is C27H28O5S. The van der Waals surface area contributed by atoms with Crippen LogP contribution in [0.5, 0.6) is 0 Å². The third-order valence-corrected chi connectivity index (χ3v) is 6.80. The number of ether oxygens (including phenoxy) is 3. The zero-order chi connectivity index (χ0) is 23.0. The summed E-state index contributed by atoms with van der Waals surface area (Å²) in [5.41, 5.74) is 2.69. The maximum atomic E-state index is 12.8. The van der Waals surface area contributed by atoms with Crippen LogP contribution in [0, 0.1) is 6.92 Å². The Kier molecular flexibility index (Phi) is 8.18. The summed E-state index contributed by atoms with van der Waals surface area (Å²) in [6.07, 6.45) is -1.30. The van der Waals surface area contributed by atoms with Crippen LogP contribution in [0.2, 0.25) is 0 Å². The smallest absolute Gasteiger partial charge is 0.338 e. The minimum atomic E-state index is -0.898. The summed E-state index contributed by atoms with van der Waals surface area (Å²) in [5.74, 6) is -0.473. The zero-order valence-corrected chi connectivity index (χ0v) is 19.3. The van der Waals surface area contributed by atoms with Gasteiger partial charge in [-0.25, -0.2) is 4.79 Å². The molecule has 0 amide bonds. The van der Waals surface area contributed by atoms with Crippen LogP contribution < -0.4 is 0 Å². The van der Waals surface area contributed by atoms with Crippen molar-refractivity contribution in [3.8, 4) is 0 Å².